The van der Waals surface area contributed by atoms with E-state index in [1.54, 1.807) is 0 Å². The van der Waals surface area contributed by atoms with Gasteiger partial charge in [0.05, 0.1) is 6.61 Å². The summed E-state index contributed by atoms with van der Waals surface area (Å²) in [6.07, 6.45) is 13.2. The molecular weight excluding hydrogens is 252 g/mol. The predicted octanol–water partition coefficient (Wildman–Crippen LogP) is 5.07. The zero-order chi connectivity index (χ0) is 12.8. The van der Waals surface area contributed by atoms with E-state index in [9.17, 15) is 0 Å². The molecule has 0 heterocycles. The van der Waals surface area contributed by atoms with Crippen LogP contribution in [0.25, 0.3) is 0 Å². The first-order valence-electron chi connectivity index (χ1n) is 6.79. The van der Waals surface area contributed by atoms with Crippen LogP contribution in [0.15, 0.2) is 0 Å². The van der Waals surface area contributed by atoms with E-state index in [-0.39, 0.29) is 4.38 Å². The van der Waals surface area contributed by atoms with Crippen molar-refractivity contribution in [1.29, 1.82) is 0 Å². The summed E-state index contributed by atoms with van der Waals surface area (Å²) in [7, 11) is 0. The summed E-state index contributed by atoms with van der Waals surface area (Å²) in [4.78, 5) is 9.47. The maximum atomic E-state index is 4.85. The highest BCUT2D eigenvalue weighted by Crippen LogP contribution is 2.10. The summed E-state index contributed by atoms with van der Waals surface area (Å²) in [5.74, 6) is 0. The summed E-state index contributed by atoms with van der Waals surface area (Å²) < 4.78 is 0.150. The van der Waals surface area contributed by atoms with E-state index in [2.05, 4.69) is 36.7 Å². The molecule has 0 aliphatic heterocycles. The summed E-state index contributed by atoms with van der Waals surface area (Å²) in [6.45, 7) is 2.86. The van der Waals surface area contributed by atoms with Gasteiger partial charge in [-0.05, 0) is 18.6 Å². The number of thiol groups is 1. The lowest BCUT2D eigenvalue weighted by Crippen LogP contribution is -1.98. The van der Waals surface area contributed by atoms with Gasteiger partial charge in [0.1, 0.15) is 0 Å². The zero-order valence-electron chi connectivity index (χ0n) is 11.0. The van der Waals surface area contributed by atoms with Gasteiger partial charge in [0.2, 0.25) is 0 Å². The van der Waals surface area contributed by atoms with E-state index in [1.165, 1.54) is 57.8 Å². The second-order valence-electron chi connectivity index (χ2n) is 4.35. The molecule has 2 nitrogen and oxygen atoms in total. The lowest BCUT2D eigenvalue weighted by molar-refractivity contribution is -0.216. The third-order valence-corrected chi connectivity index (χ3v) is 2.85. The molecule has 0 aliphatic carbocycles. The lowest BCUT2D eigenvalue weighted by Gasteiger charge is -2.03. The molecule has 0 saturated heterocycles. The second-order valence-corrected chi connectivity index (χ2v) is 5.43. The Hall–Kier alpha value is 0.200. The van der Waals surface area contributed by atoms with E-state index < -0.39 is 0 Å². The van der Waals surface area contributed by atoms with Gasteiger partial charge in [-0.25, -0.2) is 0 Å². The molecule has 0 aromatic carbocycles. The molecule has 17 heavy (non-hydrogen) atoms. The molecule has 0 radical (unpaired) electrons. The molecule has 0 N–H and O–H groups in total. The Morgan fingerprint density at radius 3 is 1.82 bits per heavy atom. The minimum atomic E-state index is 0.150. The van der Waals surface area contributed by atoms with Gasteiger partial charge in [-0.2, -0.15) is 4.89 Å². The third-order valence-electron chi connectivity index (χ3n) is 2.71. The predicted molar refractivity (Wildman–Crippen MR) is 80.5 cm³/mol. The third kappa shape index (κ3) is 16.2. The SMILES string of the molecule is CCCCCCCCCCCCOOC(=S)S. The van der Waals surface area contributed by atoms with Crippen molar-refractivity contribution in [2.75, 3.05) is 6.61 Å². The maximum Gasteiger partial charge on any atom is 0.260 e. The van der Waals surface area contributed by atoms with Crippen molar-refractivity contribution in [2.24, 2.45) is 0 Å². The summed E-state index contributed by atoms with van der Waals surface area (Å²) >= 11 is 8.38. The van der Waals surface area contributed by atoms with Crippen molar-refractivity contribution in [3.63, 3.8) is 0 Å². The Bertz CT molecular complexity index is 175. The first kappa shape index (κ1) is 17.2. The summed E-state index contributed by atoms with van der Waals surface area (Å²) in [5.41, 5.74) is 0. The number of rotatable bonds is 12. The quantitative estimate of drug-likeness (QED) is 0.177. The fraction of sp³-hybridized carbons (Fsp3) is 0.923. The second kappa shape index (κ2) is 14.3. The van der Waals surface area contributed by atoms with Crippen LogP contribution in [-0.2, 0) is 9.78 Å². The molecule has 0 saturated carbocycles. The van der Waals surface area contributed by atoms with E-state index >= 15 is 0 Å². The van der Waals surface area contributed by atoms with Crippen LogP contribution >= 0.6 is 24.8 Å². The van der Waals surface area contributed by atoms with Crippen molar-refractivity contribution in [3.05, 3.63) is 0 Å². The highest BCUT2D eigenvalue weighted by molar-refractivity contribution is 8.10. The van der Waals surface area contributed by atoms with Crippen molar-refractivity contribution < 1.29 is 9.78 Å². The van der Waals surface area contributed by atoms with E-state index in [0.29, 0.717) is 6.61 Å². The number of hydrogen-bond donors (Lipinski definition) is 1. The summed E-state index contributed by atoms with van der Waals surface area (Å²) in [6, 6.07) is 0. The van der Waals surface area contributed by atoms with Gasteiger partial charge in [-0.15, -0.1) is 0 Å². The minimum absolute atomic E-state index is 0.150. The van der Waals surface area contributed by atoms with Crippen molar-refractivity contribution >= 4 is 29.2 Å². The molecule has 102 valence electrons. The van der Waals surface area contributed by atoms with Crippen LogP contribution in [0.3, 0.4) is 0 Å². The standard InChI is InChI=1S/C13H26O2S2/c1-2-3-4-5-6-7-8-9-10-11-12-14-15-13(16)17/h2-12H2,1H3,(H,16,17). The van der Waals surface area contributed by atoms with Crippen molar-refractivity contribution in [3.8, 4) is 0 Å². The Kier molecular flexibility index (Phi) is 14.4. The van der Waals surface area contributed by atoms with Gasteiger partial charge in [-0.3, -0.25) is 0 Å². The topological polar surface area (TPSA) is 18.5 Å². The zero-order valence-corrected chi connectivity index (χ0v) is 12.7. The number of thiocarbonyl (C=S) groups is 1. The largest absolute Gasteiger partial charge is 0.319 e. The average molecular weight is 278 g/mol. The van der Waals surface area contributed by atoms with E-state index in [1.807, 2.05) is 0 Å². The maximum absolute atomic E-state index is 4.85. The van der Waals surface area contributed by atoms with Gasteiger partial charge in [-0.1, -0.05) is 77.3 Å². The van der Waals surface area contributed by atoms with E-state index in [4.69, 9.17) is 4.89 Å². The molecule has 0 aliphatic rings. The smallest absolute Gasteiger partial charge is 0.260 e. The van der Waals surface area contributed by atoms with Crippen LogP contribution < -0.4 is 0 Å². The Balaban J connectivity index is 2.91. The Labute approximate surface area is 117 Å². The molecular formula is C13H26O2S2. The normalized spacial score (nSPS) is 10.5. The fourth-order valence-electron chi connectivity index (χ4n) is 1.74. The first-order valence-corrected chi connectivity index (χ1v) is 7.65. The molecule has 0 spiro atoms. The molecule has 0 fully saturated rings. The molecule has 0 bridgehead atoms. The molecule has 0 rings (SSSR count). The molecule has 0 aromatic rings. The average Bonchev–Trinajstić information content (AvgIpc) is 2.30. The van der Waals surface area contributed by atoms with Gasteiger partial charge < -0.3 is 4.89 Å². The molecule has 0 aromatic heterocycles. The van der Waals surface area contributed by atoms with Crippen LogP contribution in [0.4, 0.5) is 0 Å². The van der Waals surface area contributed by atoms with Crippen LogP contribution in [-0.4, -0.2) is 11.0 Å². The highest BCUT2D eigenvalue weighted by Gasteiger charge is 1.94. The lowest BCUT2D eigenvalue weighted by atomic mass is 10.1. The van der Waals surface area contributed by atoms with Gasteiger partial charge in [0, 0.05) is 0 Å². The highest BCUT2D eigenvalue weighted by atomic mass is 32.1. The van der Waals surface area contributed by atoms with Gasteiger partial charge in [0.15, 0.2) is 0 Å². The van der Waals surface area contributed by atoms with Crippen LogP contribution in [0, 0.1) is 0 Å². The first-order chi connectivity index (χ1) is 8.27. The number of unbranched alkanes of at least 4 members (excludes halogenated alkanes) is 9. The van der Waals surface area contributed by atoms with Gasteiger partial charge in [0.25, 0.3) is 4.38 Å². The van der Waals surface area contributed by atoms with Crippen LogP contribution in [0.1, 0.15) is 71.1 Å². The minimum Gasteiger partial charge on any atom is -0.319 e. The van der Waals surface area contributed by atoms with Crippen LogP contribution in [0.2, 0.25) is 0 Å². The molecule has 0 unspecified atom stereocenters. The monoisotopic (exact) mass is 278 g/mol. The fourth-order valence-corrected chi connectivity index (χ4v) is 1.84. The molecule has 0 atom stereocenters. The summed E-state index contributed by atoms with van der Waals surface area (Å²) in [5, 5.41) is 0. The number of hydrogen-bond acceptors (Lipinski definition) is 3. The van der Waals surface area contributed by atoms with Crippen molar-refractivity contribution in [2.45, 2.75) is 71.1 Å². The molecule has 0 amide bonds. The Morgan fingerprint density at radius 1 is 0.882 bits per heavy atom. The molecule has 4 heteroatoms. The Morgan fingerprint density at radius 2 is 1.35 bits per heavy atom. The van der Waals surface area contributed by atoms with Gasteiger partial charge >= 0.3 is 0 Å². The van der Waals surface area contributed by atoms with Crippen LogP contribution in [0.5, 0.6) is 0 Å². The van der Waals surface area contributed by atoms with Crippen molar-refractivity contribution in [1.82, 2.24) is 0 Å². The van der Waals surface area contributed by atoms with E-state index in [0.717, 1.165) is 6.42 Å².